The van der Waals surface area contributed by atoms with Crippen LogP contribution < -0.4 is 5.32 Å². The van der Waals surface area contributed by atoms with E-state index in [0.29, 0.717) is 27.9 Å². The van der Waals surface area contributed by atoms with Gasteiger partial charge in [-0.05, 0) is 42.3 Å². The van der Waals surface area contributed by atoms with Crippen molar-refractivity contribution in [2.24, 2.45) is 0 Å². The number of nitrogens with one attached hydrogen (secondary N) is 1. The van der Waals surface area contributed by atoms with Crippen molar-refractivity contribution in [3.63, 3.8) is 0 Å². The Hall–Kier alpha value is -3.20. The summed E-state index contributed by atoms with van der Waals surface area (Å²) in [6.07, 6.45) is 2.36. The maximum atomic E-state index is 12.6. The normalized spacial score (nSPS) is 10.8. The fourth-order valence-corrected chi connectivity index (χ4v) is 4.29. The molecule has 0 aliphatic carbocycles. The van der Waals surface area contributed by atoms with Gasteiger partial charge in [0.05, 0.1) is 9.95 Å². The smallest absolute Gasteiger partial charge is 0.293 e. The number of nitrogens with zero attached hydrogens (tertiary/aromatic N) is 2. The Morgan fingerprint density at radius 2 is 1.97 bits per heavy atom. The lowest BCUT2D eigenvalue weighted by Gasteiger charge is -2.02. The van der Waals surface area contributed by atoms with Gasteiger partial charge in [0.25, 0.3) is 11.6 Å². The van der Waals surface area contributed by atoms with Crippen molar-refractivity contribution in [2.75, 3.05) is 5.32 Å². The van der Waals surface area contributed by atoms with Crippen LogP contribution in [0.3, 0.4) is 0 Å². The van der Waals surface area contributed by atoms with Crippen LogP contribution >= 0.6 is 34.5 Å². The molecule has 2 heterocycles. The third-order valence-corrected chi connectivity index (χ3v) is 6.28. The lowest BCUT2D eigenvalue weighted by molar-refractivity contribution is -0.384. The summed E-state index contributed by atoms with van der Waals surface area (Å²) >= 11 is 13.7. The zero-order chi connectivity index (χ0) is 22.8. The van der Waals surface area contributed by atoms with E-state index >= 15 is 0 Å². The molecule has 0 unspecified atom stereocenters. The highest BCUT2D eigenvalue weighted by molar-refractivity contribution is 7.15. The minimum absolute atomic E-state index is 0.0662. The molecule has 4 aromatic rings. The number of aryl methyl sites for hydroxylation is 1. The first-order valence-corrected chi connectivity index (χ1v) is 10.9. The standard InChI is InChI=1S/C22H15Cl2N3O4S/c1-12-2-3-13(9-17(12)23)8-15-11-25-22(32-15)26-21(28)20-7-6-19(31-20)16-5-4-14(27(29)30)10-18(16)24/h2-7,9-11H,8H2,1H3,(H,25,26,28). The van der Waals surface area contributed by atoms with E-state index < -0.39 is 10.8 Å². The molecule has 0 saturated heterocycles. The van der Waals surface area contributed by atoms with Gasteiger partial charge in [0, 0.05) is 40.2 Å². The van der Waals surface area contributed by atoms with E-state index in [2.05, 4.69) is 10.3 Å². The van der Waals surface area contributed by atoms with Crippen molar-refractivity contribution >= 4 is 51.3 Å². The summed E-state index contributed by atoms with van der Waals surface area (Å²) in [5.41, 5.74) is 2.39. The molecule has 0 aliphatic rings. The van der Waals surface area contributed by atoms with Crippen LogP contribution in [0.25, 0.3) is 11.3 Å². The maximum absolute atomic E-state index is 12.6. The molecule has 10 heteroatoms. The lowest BCUT2D eigenvalue weighted by atomic mass is 10.1. The van der Waals surface area contributed by atoms with Crippen molar-refractivity contribution in [3.05, 3.63) is 96.7 Å². The Kier molecular flexibility index (Phi) is 6.27. The van der Waals surface area contributed by atoms with Gasteiger partial charge in [-0.3, -0.25) is 20.2 Å². The molecule has 0 fully saturated rings. The van der Waals surface area contributed by atoms with E-state index in [4.69, 9.17) is 27.6 Å². The molecule has 2 aromatic carbocycles. The van der Waals surface area contributed by atoms with E-state index in [1.807, 2.05) is 25.1 Å². The number of non-ortho nitro benzene ring substituents is 1. The van der Waals surface area contributed by atoms with Crippen molar-refractivity contribution in [2.45, 2.75) is 13.3 Å². The van der Waals surface area contributed by atoms with Crippen LogP contribution in [0.5, 0.6) is 0 Å². The maximum Gasteiger partial charge on any atom is 0.293 e. The number of furan rings is 1. The Morgan fingerprint density at radius 1 is 1.16 bits per heavy atom. The van der Waals surface area contributed by atoms with Crippen LogP contribution in [0.1, 0.15) is 26.6 Å². The van der Waals surface area contributed by atoms with Crippen LogP contribution in [0.4, 0.5) is 10.8 Å². The van der Waals surface area contributed by atoms with Gasteiger partial charge in [0.1, 0.15) is 5.76 Å². The van der Waals surface area contributed by atoms with Gasteiger partial charge in [-0.15, -0.1) is 11.3 Å². The third kappa shape index (κ3) is 4.83. The number of amides is 1. The van der Waals surface area contributed by atoms with Crippen molar-refractivity contribution in [3.8, 4) is 11.3 Å². The minimum atomic E-state index is -0.535. The van der Waals surface area contributed by atoms with Crippen molar-refractivity contribution in [1.29, 1.82) is 0 Å². The molecular formula is C22H15Cl2N3O4S. The highest BCUT2D eigenvalue weighted by Gasteiger charge is 2.17. The van der Waals surface area contributed by atoms with Crippen molar-refractivity contribution in [1.82, 2.24) is 4.98 Å². The number of anilines is 1. The summed E-state index contributed by atoms with van der Waals surface area (Å²) in [5, 5.41) is 14.9. The second-order valence-electron chi connectivity index (χ2n) is 6.93. The fraction of sp³-hybridized carbons (Fsp3) is 0.0909. The van der Waals surface area contributed by atoms with Gasteiger partial charge in [-0.2, -0.15) is 0 Å². The Bertz CT molecular complexity index is 1330. The summed E-state index contributed by atoms with van der Waals surface area (Å²) in [6.45, 7) is 1.95. The molecular weight excluding hydrogens is 473 g/mol. The molecule has 0 spiro atoms. The molecule has 0 bridgehead atoms. The first-order chi connectivity index (χ1) is 15.3. The predicted molar refractivity (Wildman–Crippen MR) is 125 cm³/mol. The zero-order valence-corrected chi connectivity index (χ0v) is 18.9. The number of nitro groups is 1. The number of hydrogen-bond acceptors (Lipinski definition) is 6. The van der Waals surface area contributed by atoms with Gasteiger partial charge in [0.2, 0.25) is 0 Å². The number of hydrogen-bond donors (Lipinski definition) is 1. The topological polar surface area (TPSA) is 98.3 Å². The third-order valence-electron chi connectivity index (χ3n) is 4.65. The molecule has 0 atom stereocenters. The number of carbonyl (C=O) groups excluding carboxylic acids is 1. The highest BCUT2D eigenvalue weighted by Crippen LogP contribution is 2.32. The second-order valence-corrected chi connectivity index (χ2v) is 8.86. The van der Waals surface area contributed by atoms with E-state index in [9.17, 15) is 14.9 Å². The van der Waals surface area contributed by atoms with E-state index in [1.54, 1.807) is 12.3 Å². The summed E-state index contributed by atoms with van der Waals surface area (Å²) in [6, 6.07) is 13.0. The number of nitro benzene ring substituents is 1. The average molecular weight is 488 g/mol. The molecule has 2 aromatic heterocycles. The molecule has 4 rings (SSSR count). The minimum Gasteiger partial charge on any atom is -0.451 e. The first-order valence-electron chi connectivity index (χ1n) is 9.35. The molecule has 0 radical (unpaired) electrons. The quantitative estimate of drug-likeness (QED) is 0.239. The molecule has 0 saturated carbocycles. The predicted octanol–water partition coefficient (Wildman–Crippen LogP) is 6.77. The number of rotatable bonds is 6. The Labute approximate surface area is 196 Å². The summed E-state index contributed by atoms with van der Waals surface area (Å²) < 4.78 is 5.61. The van der Waals surface area contributed by atoms with E-state index in [-0.39, 0.29) is 16.5 Å². The summed E-state index contributed by atoms with van der Waals surface area (Å²) in [4.78, 5) is 28.1. The van der Waals surface area contributed by atoms with Crippen LogP contribution in [-0.2, 0) is 6.42 Å². The fourth-order valence-electron chi connectivity index (χ4n) is 2.98. The van der Waals surface area contributed by atoms with Gasteiger partial charge in [-0.1, -0.05) is 35.3 Å². The van der Waals surface area contributed by atoms with Crippen molar-refractivity contribution < 1.29 is 14.1 Å². The number of thiazole rings is 1. The monoisotopic (exact) mass is 487 g/mol. The molecule has 32 heavy (non-hydrogen) atoms. The average Bonchev–Trinajstić information content (AvgIpc) is 3.40. The Morgan fingerprint density at radius 3 is 2.69 bits per heavy atom. The molecule has 1 amide bonds. The number of halogens is 2. The summed E-state index contributed by atoms with van der Waals surface area (Å²) in [5.74, 6) is -0.0730. The van der Waals surface area contributed by atoms with Crippen LogP contribution in [-0.4, -0.2) is 15.8 Å². The number of carbonyl (C=O) groups is 1. The molecule has 0 aliphatic heterocycles. The van der Waals surface area contributed by atoms with Gasteiger partial charge in [0.15, 0.2) is 10.9 Å². The first kappa shape index (κ1) is 22.0. The lowest BCUT2D eigenvalue weighted by Crippen LogP contribution is -2.10. The largest absolute Gasteiger partial charge is 0.451 e. The zero-order valence-electron chi connectivity index (χ0n) is 16.6. The number of benzene rings is 2. The SMILES string of the molecule is Cc1ccc(Cc2cnc(NC(=O)c3ccc(-c4ccc([N+](=O)[O-])cc4Cl)o3)s2)cc1Cl. The molecule has 1 N–H and O–H groups in total. The van der Waals surface area contributed by atoms with Crippen LogP contribution in [0.2, 0.25) is 10.0 Å². The van der Waals surface area contributed by atoms with E-state index in [1.165, 1.54) is 35.6 Å². The molecule has 7 nitrogen and oxygen atoms in total. The van der Waals surface area contributed by atoms with Gasteiger partial charge >= 0.3 is 0 Å². The second kappa shape index (κ2) is 9.12. The van der Waals surface area contributed by atoms with Gasteiger partial charge < -0.3 is 4.42 Å². The summed E-state index contributed by atoms with van der Waals surface area (Å²) in [7, 11) is 0. The van der Waals surface area contributed by atoms with E-state index in [0.717, 1.165) is 16.0 Å². The van der Waals surface area contributed by atoms with Crippen LogP contribution in [0.15, 0.2) is 59.1 Å². The highest BCUT2D eigenvalue weighted by atomic mass is 35.5. The number of aromatic nitrogens is 1. The Balaban J connectivity index is 1.45. The van der Waals surface area contributed by atoms with Gasteiger partial charge in [-0.25, -0.2) is 4.98 Å². The van der Waals surface area contributed by atoms with Crippen LogP contribution in [0, 0.1) is 17.0 Å². The molecule has 162 valence electrons.